The number of rotatable bonds is 1. The van der Waals surface area contributed by atoms with E-state index in [2.05, 4.69) is 13.8 Å². The van der Waals surface area contributed by atoms with E-state index < -0.39 is 0 Å². The normalized spacial score (nSPS) is 9.64. The Hall–Kier alpha value is -0.690. The molecule has 14 heavy (non-hydrogen) atoms. The highest BCUT2D eigenvalue weighted by Crippen LogP contribution is 2.30. The van der Waals surface area contributed by atoms with Gasteiger partial charge < -0.3 is 5.11 Å². The van der Waals surface area contributed by atoms with Crippen molar-refractivity contribution in [2.75, 3.05) is 0 Å². The highest BCUT2D eigenvalue weighted by molar-refractivity contribution is 6.31. The molecule has 0 aliphatic rings. The zero-order chi connectivity index (χ0) is 11.3. The molecule has 0 atom stereocenters. The van der Waals surface area contributed by atoms with Gasteiger partial charge in [0.25, 0.3) is 0 Å². The standard InChI is InChI=1S/C10H13ClO.C2H6/c1-6(2)8-4-7(3)10(12)5-9(8)11;1-2/h4-6,12H,1-3H3;1-2H3. The van der Waals surface area contributed by atoms with Gasteiger partial charge in [-0.25, -0.2) is 0 Å². The Morgan fingerprint density at radius 2 is 1.71 bits per heavy atom. The summed E-state index contributed by atoms with van der Waals surface area (Å²) in [5, 5.41) is 9.97. The van der Waals surface area contributed by atoms with E-state index in [1.807, 2.05) is 26.8 Å². The largest absolute Gasteiger partial charge is 0.508 e. The van der Waals surface area contributed by atoms with Gasteiger partial charge in [-0.05, 0) is 30.0 Å². The highest BCUT2D eigenvalue weighted by Gasteiger charge is 2.07. The molecule has 0 amide bonds. The van der Waals surface area contributed by atoms with E-state index in [-0.39, 0.29) is 5.75 Å². The number of aryl methyl sites for hydroxylation is 1. The average Bonchev–Trinajstić information content (AvgIpc) is 2.14. The minimum absolute atomic E-state index is 0.268. The van der Waals surface area contributed by atoms with E-state index in [0.29, 0.717) is 10.9 Å². The van der Waals surface area contributed by atoms with Crippen molar-refractivity contribution in [1.82, 2.24) is 0 Å². The summed E-state index contributed by atoms with van der Waals surface area (Å²) in [4.78, 5) is 0. The van der Waals surface area contributed by atoms with Gasteiger partial charge in [-0.3, -0.25) is 0 Å². The summed E-state index contributed by atoms with van der Waals surface area (Å²) in [5.41, 5.74) is 1.97. The minimum Gasteiger partial charge on any atom is -0.508 e. The lowest BCUT2D eigenvalue weighted by Gasteiger charge is -2.09. The molecular formula is C12H19ClO. The molecule has 1 N–H and O–H groups in total. The summed E-state index contributed by atoms with van der Waals surface area (Å²) < 4.78 is 0. The number of hydrogen-bond donors (Lipinski definition) is 1. The summed E-state index contributed by atoms with van der Waals surface area (Å²) in [6.07, 6.45) is 0. The van der Waals surface area contributed by atoms with Crippen molar-refractivity contribution in [3.8, 4) is 5.75 Å². The Bertz CT molecular complexity index is 293. The molecule has 80 valence electrons. The smallest absolute Gasteiger partial charge is 0.119 e. The predicted molar refractivity (Wildman–Crippen MR) is 63.3 cm³/mol. The fourth-order valence-corrected chi connectivity index (χ4v) is 1.51. The number of hydrogen-bond acceptors (Lipinski definition) is 1. The third kappa shape index (κ3) is 3.22. The maximum absolute atomic E-state index is 9.32. The number of phenolic OH excluding ortho intramolecular Hbond substituents is 1. The van der Waals surface area contributed by atoms with Crippen molar-refractivity contribution in [1.29, 1.82) is 0 Å². The number of halogens is 1. The molecule has 2 heteroatoms. The molecule has 0 aliphatic heterocycles. The molecule has 1 aromatic rings. The third-order valence-electron chi connectivity index (χ3n) is 1.94. The molecule has 0 aliphatic carbocycles. The van der Waals surface area contributed by atoms with E-state index in [1.165, 1.54) is 0 Å². The Morgan fingerprint density at radius 1 is 1.21 bits per heavy atom. The van der Waals surface area contributed by atoms with Crippen LogP contribution in [0.5, 0.6) is 5.75 Å². The highest BCUT2D eigenvalue weighted by atomic mass is 35.5. The van der Waals surface area contributed by atoms with Crippen molar-refractivity contribution >= 4 is 11.6 Å². The van der Waals surface area contributed by atoms with E-state index in [4.69, 9.17) is 11.6 Å². The van der Waals surface area contributed by atoms with E-state index in [9.17, 15) is 5.11 Å². The molecule has 0 spiro atoms. The summed E-state index contributed by atoms with van der Waals surface area (Å²) in [6.45, 7) is 10.0. The molecule has 1 nitrogen and oxygen atoms in total. The molecule has 0 radical (unpaired) electrons. The van der Waals surface area contributed by atoms with Gasteiger partial charge in [0.2, 0.25) is 0 Å². The molecule has 0 heterocycles. The fourth-order valence-electron chi connectivity index (χ4n) is 1.14. The first kappa shape index (κ1) is 13.3. The number of phenols is 1. The van der Waals surface area contributed by atoms with E-state index in [0.717, 1.165) is 11.1 Å². The second-order valence-electron chi connectivity index (χ2n) is 3.31. The topological polar surface area (TPSA) is 20.2 Å². The second-order valence-corrected chi connectivity index (χ2v) is 3.72. The van der Waals surface area contributed by atoms with E-state index in [1.54, 1.807) is 6.07 Å². The van der Waals surface area contributed by atoms with Crippen LogP contribution in [0.4, 0.5) is 0 Å². The average molecular weight is 215 g/mol. The van der Waals surface area contributed by atoms with Crippen LogP contribution in [0, 0.1) is 6.92 Å². The predicted octanol–water partition coefficient (Wildman–Crippen LogP) is 4.50. The van der Waals surface area contributed by atoms with Gasteiger partial charge in [0, 0.05) is 5.02 Å². The number of aromatic hydroxyl groups is 1. The summed E-state index contributed by atoms with van der Waals surface area (Å²) in [7, 11) is 0. The molecule has 0 saturated heterocycles. The Morgan fingerprint density at radius 3 is 2.14 bits per heavy atom. The van der Waals surface area contributed by atoms with Crippen LogP contribution in [-0.4, -0.2) is 5.11 Å². The van der Waals surface area contributed by atoms with Gasteiger partial charge in [0.05, 0.1) is 0 Å². The maximum atomic E-state index is 9.32. The van der Waals surface area contributed by atoms with Crippen LogP contribution in [0.15, 0.2) is 12.1 Å². The van der Waals surface area contributed by atoms with Crippen LogP contribution in [0.3, 0.4) is 0 Å². The summed E-state index contributed by atoms with van der Waals surface area (Å²) in [5.74, 6) is 0.668. The van der Waals surface area contributed by atoms with Gasteiger partial charge in [0.15, 0.2) is 0 Å². The Labute approximate surface area is 91.7 Å². The maximum Gasteiger partial charge on any atom is 0.119 e. The quantitative estimate of drug-likeness (QED) is 0.730. The lowest BCUT2D eigenvalue weighted by molar-refractivity contribution is 0.471. The zero-order valence-corrected chi connectivity index (χ0v) is 10.3. The lowest BCUT2D eigenvalue weighted by Crippen LogP contribution is -1.90. The molecular weight excluding hydrogens is 196 g/mol. The van der Waals surface area contributed by atoms with Crippen LogP contribution in [0.1, 0.15) is 44.7 Å². The fraction of sp³-hybridized carbons (Fsp3) is 0.500. The van der Waals surface area contributed by atoms with Crippen LogP contribution in [0.2, 0.25) is 5.02 Å². The number of benzene rings is 1. The van der Waals surface area contributed by atoms with Crippen molar-refractivity contribution < 1.29 is 5.11 Å². The Kier molecular flexibility index (Phi) is 5.63. The first-order valence-corrected chi connectivity index (χ1v) is 5.39. The Balaban J connectivity index is 0.000000791. The lowest BCUT2D eigenvalue weighted by atomic mass is 10.0. The third-order valence-corrected chi connectivity index (χ3v) is 2.26. The summed E-state index contributed by atoms with van der Waals surface area (Å²) >= 11 is 5.94. The molecule has 1 aromatic carbocycles. The molecule has 1 rings (SSSR count). The SMILES string of the molecule is CC.Cc1cc(C(C)C)c(Cl)cc1O. The van der Waals surface area contributed by atoms with Gasteiger partial charge in [0.1, 0.15) is 5.75 Å². The van der Waals surface area contributed by atoms with Gasteiger partial charge in [-0.1, -0.05) is 45.4 Å². The van der Waals surface area contributed by atoms with Crippen molar-refractivity contribution in [2.24, 2.45) is 0 Å². The van der Waals surface area contributed by atoms with Gasteiger partial charge >= 0.3 is 0 Å². The van der Waals surface area contributed by atoms with Crippen molar-refractivity contribution in [3.63, 3.8) is 0 Å². The van der Waals surface area contributed by atoms with Gasteiger partial charge in [-0.15, -0.1) is 0 Å². The van der Waals surface area contributed by atoms with Crippen molar-refractivity contribution in [3.05, 3.63) is 28.3 Å². The minimum atomic E-state index is 0.268. The van der Waals surface area contributed by atoms with Crippen LogP contribution >= 0.6 is 11.6 Å². The van der Waals surface area contributed by atoms with E-state index >= 15 is 0 Å². The van der Waals surface area contributed by atoms with Crippen molar-refractivity contribution in [2.45, 2.75) is 40.5 Å². The monoisotopic (exact) mass is 214 g/mol. The molecule has 0 saturated carbocycles. The zero-order valence-electron chi connectivity index (χ0n) is 9.56. The first-order chi connectivity index (χ1) is 6.52. The van der Waals surface area contributed by atoms with Crippen LogP contribution < -0.4 is 0 Å². The molecule has 0 bridgehead atoms. The second kappa shape index (κ2) is 5.92. The summed E-state index contributed by atoms with van der Waals surface area (Å²) in [6, 6.07) is 3.54. The molecule has 0 aromatic heterocycles. The molecule has 0 unspecified atom stereocenters. The first-order valence-electron chi connectivity index (χ1n) is 5.01. The van der Waals surface area contributed by atoms with Crippen LogP contribution in [0.25, 0.3) is 0 Å². The van der Waals surface area contributed by atoms with Crippen LogP contribution in [-0.2, 0) is 0 Å². The molecule has 0 fully saturated rings. The van der Waals surface area contributed by atoms with Gasteiger partial charge in [-0.2, -0.15) is 0 Å².